The summed E-state index contributed by atoms with van der Waals surface area (Å²) in [6, 6.07) is 21.7. The number of rotatable bonds is 4. The zero-order chi connectivity index (χ0) is 16.6. The van der Waals surface area contributed by atoms with Gasteiger partial charge in [-0.1, -0.05) is 81.4 Å². The highest BCUT2D eigenvalue weighted by molar-refractivity contribution is 6.99. The summed E-state index contributed by atoms with van der Waals surface area (Å²) < 4.78 is 7.07. The van der Waals surface area contributed by atoms with E-state index in [9.17, 15) is 0 Å². The number of halogens is 1. The fourth-order valence-corrected chi connectivity index (χ4v) is 8.38. The Morgan fingerprint density at radius 3 is 1.58 bits per heavy atom. The van der Waals surface area contributed by atoms with Crippen LogP contribution in [0, 0.1) is 0 Å². The first-order chi connectivity index (χ1) is 10.9. The maximum atomic E-state index is 7.07. The molecule has 2 aromatic rings. The van der Waals surface area contributed by atoms with Gasteiger partial charge >= 0.3 is 0 Å². The van der Waals surface area contributed by atoms with E-state index in [2.05, 4.69) is 93.7 Å². The van der Waals surface area contributed by atoms with E-state index in [1.807, 2.05) is 0 Å². The van der Waals surface area contributed by atoms with Gasteiger partial charge in [-0.2, -0.15) is 0 Å². The summed E-state index contributed by atoms with van der Waals surface area (Å²) >= 11 is 0. The predicted octanol–water partition coefficient (Wildman–Crippen LogP) is 3.35. The van der Waals surface area contributed by atoms with E-state index in [1.165, 1.54) is 10.4 Å². The summed E-state index contributed by atoms with van der Waals surface area (Å²) in [6.45, 7) is 11.1. The van der Waals surface area contributed by atoms with E-state index in [0.717, 1.165) is 13.1 Å². The van der Waals surface area contributed by atoms with E-state index in [-0.39, 0.29) is 23.0 Å². The molecule has 1 fully saturated rings. The lowest BCUT2D eigenvalue weighted by Gasteiger charge is -2.52. The monoisotopic (exact) mass is 361 g/mol. The SMILES string of the molecule is CC1(O[Si](c2ccccc2)(c2ccccc2)C(C)(C)C)CNC1.Cl. The summed E-state index contributed by atoms with van der Waals surface area (Å²) in [7, 11) is -2.39. The quantitative estimate of drug-likeness (QED) is 0.843. The third kappa shape index (κ3) is 3.31. The Balaban J connectivity index is 0.00000208. The van der Waals surface area contributed by atoms with Gasteiger partial charge in [-0.25, -0.2) is 0 Å². The molecule has 1 saturated heterocycles. The van der Waals surface area contributed by atoms with Gasteiger partial charge in [0.05, 0.1) is 5.60 Å². The van der Waals surface area contributed by atoms with Crippen molar-refractivity contribution in [3.05, 3.63) is 60.7 Å². The molecule has 4 heteroatoms. The minimum Gasteiger partial charge on any atom is -0.400 e. The van der Waals surface area contributed by atoms with Gasteiger partial charge in [-0.3, -0.25) is 0 Å². The normalized spacial score (nSPS) is 16.8. The third-order valence-electron chi connectivity index (χ3n) is 4.81. The Morgan fingerprint density at radius 1 is 0.875 bits per heavy atom. The highest BCUT2D eigenvalue weighted by atomic mass is 35.5. The molecule has 1 aliphatic heterocycles. The van der Waals surface area contributed by atoms with Crippen LogP contribution in [0.5, 0.6) is 0 Å². The van der Waals surface area contributed by atoms with Gasteiger partial charge in [0, 0.05) is 13.1 Å². The molecular formula is C20H28ClNOSi. The lowest BCUT2D eigenvalue weighted by Crippen LogP contribution is -2.74. The molecule has 1 N–H and O–H groups in total. The second kappa shape index (κ2) is 7.01. The van der Waals surface area contributed by atoms with Gasteiger partial charge in [-0.05, 0) is 22.3 Å². The topological polar surface area (TPSA) is 21.3 Å². The molecule has 0 unspecified atom stereocenters. The van der Waals surface area contributed by atoms with Crippen molar-refractivity contribution in [1.29, 1.82) is 0 Å². The highest BCUT2D eigenvalue weighted by Gasteiger charge is 2.54. The van der Waals surface area contributed by atoms with Crippen molar-refractivity contribution in [1.82, 2.24) is 5.32 Å². The van der Waals surface area contributed by atoms with E-state index < -0.39 is 8.32 Å². The summed E-state index contributed by atoms with van der Waals surface area (Å²) in [6.07, 6.45) is 0. The molecule has 1 aliphatic rings. The number of nitrogens with one attached hydrogen (secondary N) is 1. The van der Waals surface area contributed by atoms with Crippen LogP contribution in [-0.4, -0.2) is 27.0 Å². The molecule has 130 valence electrons. The molecular weight excluding hydrogens is 334 g/mol. The second-order valence-corrected chi connectivity index (χ2v) is 12.0. The van der Waals surface area contributed by atoms with Gasteiger partial charge in [0.15, 0.2) is 0 Å². The molecule has 0 aliphatic carbocycles. The number of benzene rings is 2. The maximum Gasteiger partial charge on any atom is 0.261 e. The number of hydrogen-bond acceptors (Lipinski definition) is 2. The van der Waals surface area contributed by atoms with Crippen molar-refractivity contribution < 1.29 is 4.43 Å². The van der Waals surface area contributed by atoms with Gasteiger partial charge in [-0.15, -0.1) is 12.4 Å². The summed E-state index contributed by atoms with van der Waals surface area (Å²) in [4.78, 5) is 0. The van der Waals surface area contributed by atoms with E-state index >= 15 is 0 Å². The van der Waals surface area contributed by atoms with Gasteiger partial charge in [0.2, 0.25) is 0 Å². The van der Waals surface area contributed by atoms with Crippen LogP contribution < -0.4 is 15.7 Å². The summed E-state index contributed by atoms with van der Waals surface area (Å²) in [5.41, 5.74) is -0.0782. The van der Waals surface area contributed by atoms with Gasteiger partial charge in [0.25, 0.3) is 8.32 Å². The Bertz CT molecular complexity index is 611. The Morgan fingerprint density at radius 2 is 1.29 bits per heavy atom. The van der Waals surface area contributed by atoms with Crippen LogP contribution in [-0.2, 0) is 4.43 Å². The van der Waals surface area contributed by atoms with Crippen LogP contribution in [0.1, 0.15) is 27.7 Å². The lowest BCUT2D eigenvalue weighted by atomic mass is 10.0. The molecule has 3 rings (SSSR count). The smallest absolute Gasteiger partial charge is 0.261 e. The Kier molecular flexibility index (Phi) is 5.60. The molecule has 0 bridgehead atoms. The zero-order valence-electron chi connectivity index (χ0n) is 15.0. The Labute approximate surface area is 153 Å². The van der Waals surface area contributed by atoms with E-state index in [4.69, 9.17) is 4.43 Å². The van der Waals surface area contributed by atoms with Crippen LogP contribution in [0.3, 0.4) is 0 Å². The summed E-state index contributed by atoms with van der Waals surface area (Å²) in [5, 5.41) is 6.13. The molecule has 0 radical (unpaired) electrons. The molecule has 0 saturated carbocycles. The maximum absolute atomic E-state index is 7.07. The van der Waals surface area contributed by atoms with E-state index in [1.54, 1.807) is 0 Å². The average molecular weight is 362 g/mol. The van der Waals surface area contributed by atoms with Gasteiger partial charge in [0.1, 0.15) is 0 Å². The fourth-order valence-electron chi connectivity index (χ4n) is 3.57. The van der Waals surface area contributed by atoms with Crippen LogP contribution in [0.25, 0.3) is 0 Å². The van der Waals surface area contributed by atoms with Crippen molar-refractivity contribution in [3.63, 3.8) is 0 Å². The van der Waals surface area contributed by atoms with Crippen LogP contribution in [0.4, 0.5) is 0 Å². The lowest BCUT2D eigenvalue weighted by molar-refractivity contribution is 0.0249. The zero-order valence-corrected chi connectivity index (χ0v) is 16.8. The standard InChI is InChI=1S/C20H27NOSi.ClH/c1-19(2,3)23(17-11-7-5-8-12-17,18-13-9-6-10-14-18)22-20(4)15-21-16-20;/h5-14,21H,15-16H2,1-4H3;1H. The first-order valence-corrected chi connectivity index (χ1v) is 10.3. The van der Waals surface area contributed by atoms with Gasteiger partial charge < -0.3 is 9.74 Å². The van der Waals surface area contributed by atoms with E-state index in [0.29, 0.717) is 0 Å². The van der Waals surface area contributed by atoms with Crippen molar-refractivity contribution in [3.8, 4) is 0 Å². The Hall–Kier alpha value is -1.13. The minimum atomic E-state index is -2.39. The number of hydrogen-bond donors (Lipinski definition) is 1. The van der Waals surface area contributed by atoms with Crippen LogP contribution >= 0.6 is 12.4 Å². The largest absolute Gasteiger partial charge is 0.400 e. The van der Waals surface area contributed by atoms with Crippen molar-refractivity contribution in [2.75, 3.05) is 13.1 Å². The molecule has 2 nitrogen and oxygen atoms in total. The molecule has 0 spiro atoms. The average Bonchev–Trinajstić information content (AvgIpc) is 2.51. The summed E-state index contributed by atoms with van der Waals surface area (Å²) in [5.74, 6) is 0. The first kappa shape index (κ1) is 19.2. The fraction of sp³-hybridized carbons (Fsp3) is 0.400. The third-order valence-corrected chi connectivity index (χ3v) is 10.0. The minimum absolute atomic E-state index is 0. The predicted molar refractivity (Wildman–Crippen MR) is 107 cm³/mol. The molecule has 0 atom stereocenters. The highest BCUT2D eigenvalue weighted by Crippen LogP contribution is 2.39. The molecule has 0 amide bonds. The molecule has 1 heterocycles. The molecule has 2 aromatic carbocycles. The first-order valence-electron chi connectivity index (χ1n) is 8.39. The molecule has 0 aromatic heterocycles. The van der Waals surface area contributed by atoms with Crippen LogP contribution in [0.15, 0.2) is 60.7 Å². The van der Waals surface area contributed by atoms with Crippen molar-refractivity contribution in [2.24, 2.45) is 0 Å². The second-order valence-electron chi connectivity index (χ2n) is 7.82. The van der Waals surface area contributed by atoms with Crippen molar-refractivity contribution >= 4 is 31.1 Å². The molecule has 24 heavy (non-hydrogen) atoms. The van der Waals surface area contributed by atoms with Crippen LogP contribution in [0.2, 0.25) is 5.04 Å². The van der Waals surface area contributed by atoms with Crippen molar-refractivity contribution in [2.45, 2.75) is 38.3 Å².